The van der Waals surface area contributed by atoms with Crippen molar-refractivity contribution < 1.29 is 33.7 Å². The number of benzene rings is 1. The zero-order chi connectivity index (χ0) is 35.7. The Kier molecular flexibility index (Phi) is 12.1. The lowest BCUT2D eigenvalue weighted by atomic mass is 9.81. The number of anilines is 1. The number of nitrogens with zero attached hydrogens (tertiary/aromatic N) is 1. The van der Waals surface area contributed by atoms with Crippen molar-refractivity contribution in [3.63, 3.8) is 0 Å². The van der Waals surface area contributed by atoms with E-state index in [1.807, 2.05) is 75.8 Å². The van der Waals surface area contributed by atoms with E-state index in [2.05, 4.69) is 11.6 Å². The summed E-state index contributed by atoms with van der Waals surface area (Å²) < 4.78 is 18.3. The van der Waals surface area contributed by atoms with Gasteiger partial charge in [-0.05, 0) is 82.2 Å². The van der Waals surface area contributed by atoms with Crippen LogP contribution < -0.4 is 10.2 Å². The minimum atomic E-state index is -1.54. The molecule has 2 amide bonds. The van der Waals surface area contributed by atoms with Crippen LogP contribution in [0.5, 0.6) is 0 Å². The topological polar surface area (TPSA) is 118 Å². The molecule has 3 aliphatic heterocycles. The van der Waals surface area contributed by atoms with E-state index in [1.54, 1.807) is 22.7 Å². The summed E-state index contributed by atoms with van der Waals surface area (Å²) in [4.78, 5) is 42.1. The van der Waals surface area contributed by atoms with Crippen LogP contribution in [0.15, 0.2) is 35.9 Å². The van der Waals surface area contributed by atoms with Crippen molar-refractivity contribution in [1.29, 1.82) is 0 Å². The zero-order valence-electron chi connectivity index (χ0n) is 29.6. The van der Waals surface area contributed by atoms with E-state index in [9.17, 15) is 19.5 Å². The predicted molar refractivity (Wildman–Crippen MR) is 197 cm³/mol. The highest BCUT2D eigenvalue weighted by atomic mass is 35.5. The van der Waals surface area contributed by atoms with Gasteiger partial charge in [0.1, 0.15) is 23.5 Å². The number of aliphatic hydroxyl groups is 1. The predicted octanol–water partition coefficient (Wildman–Crippen LogP) is 7.41. The second-order valence-corrected chi connectivity index (χ2v) is 17.6. The highest BCUT2D eigenvalue weighted by Gasteiger charge is 2.64. The Morgan fingerprint density at radius 3 is 2.59 bits per heavy atom. The summed E-state index contributed by atoms with van der Waals surface area (Å²) in [6.45, 7) is 9.55. The van der Waals surface area contributed by atoms with Crippen molar-refractivity contribution in [3.05, 3.63) is 52.1 Å². The minimum Gasteiger partial charge on any atom is -0.458 e. The molecule has 1 saturated carbocycles. The maximum Gasteiger partial charge on any atom is 0.409 e. The van der Waals surface area contributed by atoms with Gasteiger partial charge in [-0.1, -0.05) is 76.9 Å². The Balaban J connectivity index is 1.46. The fourth-order valence-corrected chi connectivity index (χ4v) is 9.40. The van der Waals surface area contributed by atoms with Crippen molar-refractivity contribution >= 4 is 56.8 Å². The number of halogens is 1. The number of ether oxygens (including phenoxy) is 3. The van der Waals surface area contributed by atoms with Crippen LogP contribution in [-0.2, 0) is 30.2 Å². The average molecular weight is 735 g/mol. The SMILES string of the molecule is CSSC[C@H]1CC[C@H](C(=O)O[C@H]2CC(=O)N(C)c3cc(cc(C)c3Cl)C/C(C)=C/C=C/[C@@H](C)[C@@]3(O)C[C@H](OC(=O)N3)[C@@H](C)[C@@H]3O[C@@]23C)CC1. The lowest BCUT2D eigenvalue weighted by Gasteiger charge is -2.41. The van der Waals surface area contributed by atoms with Crippen LogP contribution in [0, 0.1) is 30.6 Å². The molecular weight excluding hydrogens is 684 g/mol. The number of fused-ring (bicyclic) bond motifs is 5. The van der Waals surface area contributed by atoms with Gasteiger partial charge in [0, 0.05) is 31.1 Å². The van der Waals surface area contributed by atoms with Crippen molar-refractivity contribution in [1.82, 2.24) is 5.32 Å². The molecular formula is C37H51ClN2O7S2. The third-order valence-electron chi connectivity index (χ3n) is 10.9. The summed E-state index contributed by atoms with van der Waals surface area (Å²) in [7, 11) is 5.32. The van der Waals surface area contributed by atoms with E-state index < -0.39 is 41.6 Å². The van der Waals surface area contributed by atoms with Crippen LogP contribution in [0.2, 0.25) is 5.02 Å². The third kappa shape index (κ3) is 8.66. The molecule has 1 aromatic carbocycles. The smallest absolute Gasteiger partial charge is 0.409 e. The third-order valence-corrected chi connectivity index (χ3v) is 13.4. The Morgan fingerprint density at radius 2 is 1.90 bits per heavy atom. The van der Waals surface area contributed by atoms with Crippen LogP contribution in [0.4, 0.5) is 10.5 Å². The molecule has 4 aliphatic rings. The number of rotatable bonds is 5. The first-order valence-electron chi connectivity index (χ1n) is 17.3. The second-order valence-electron chi connectivity index (χ2n) is 14.6. The highest BCUT2D eigenvalue weighted by molar-refractivity contribution is 8.76. The summed E-state index contributed by atoms with van der Waals surface area (Å²) in [5, 5.41) is 14.8. The largest absolute Gasteiger partial charge is 0.458 e. The van der Waals surface area contributed by atoms with E-state index in [1.165, 1.54) is 0 Å². The fourth-order valence-electron chi connectivity index (χ4n) is 7.51. The van der Waals surface area contributed by atoms with Gasteiger partial charge in [-0.15, -0.1) is 0 Å². The first-order chi connectivity index (χ1) is 23.1. The Labute approximate surface area is 303 Å². The lowest BCUT2D eigenvalue weighted by molar-refractivity contribution is -0.160. The maximum atomic E-state index is 14.1. The van der Waals surface area contributed by atoms with Gasteiger partial charge < -0.3 is 24.2 Å². The number of hydrogen-bond acceptors (Lipinski definition) is 9. The lowest BCUT2D eigenvalue weighted by Crippen LogP contribution is -2.60. The summed E-state index contributed by atoms with van der Waals surface area (Å²) >= 11 is 6.79. The van der Waals surface area contributed by atoms with Crippen molar-refractivity contribution in [2.75, 3.05) is 24.0 Å². The van der Waals surface area contributed by atoms with Crippen LogP contribution in [0.3, 0.4) is 0 Å². The Bertz CT molecular complexity index is 1480. The molecule has 3 fully saturated rings. The van der Waals surface area contributed by atoms with E-state index in [-0.39, 0.29) is 36.6 Å². The van der Waals surface area contributed by atoms with Gasteiger partial charge in [0.15, 0.2) is 0 Å². The summed E-state index contributed by atoms with van der Waals surface area (Å²) in [5.74, 6) is 0.0587. The number of esters is 1. The molecule has 0 spiro atoms. The molecule has 2 saturated heterocycles. The van der Waals surface area contributed by atoms with Crippen LogP contribution in [-0.4, -0.2) is 71.8 Å². The number of alkyl carbamates (subject to hydrolysis) is 1. The molecule has 270 valence electrons. The molecule has 49 heavy (non-hydrogen) atoms. The first-order valence-corrected chi connectivity index (χ1v) is 20.4. The summed E-state index contributed by atoms with van der Waals surface area (Å²) in [6.07, 6.45) is 9.14. The molecule has 0 unspecified atom stereocenters. The highest BCUT2D eigenvalue weighted by Crippen LogP contribution is 2.49. The van der Waals surface area contributed by atoms with Crippen LogP contribution in [0.25, 0.3) is 0 Å². The van der Waals surface area contributed by atoms with Crippen molar-refractivity contribution in [2.45, 2.75) is 109 Å². The Hall–Kier alpha value is -2.18. The second kappa shape index (κ2) is 15.6. The van der Waals surface area contributed by atoms with Crippen molar-refractivity contribution in [2.24, 2.45) is 23.7 Å². The van der Waals surface area contributed by atoms with Gasteiger partial charge >= 0.3 is 12.1 Å². The summed E-state index contributed by atoms with van der Waals surface area (Å²) in [5.41, 5.74) is 0.937. The molecule has 7 atom stereocenters. The molecule has 12 heteroatoms. The molecule has 1 aliphatic carbocycles. The number of allylic oxidation sites excluding steroid dienone is 3. The number of amides is 2. The molecule has 2 N–H and O–H groups in total. The fraction of sp³-hybridized carbons (Fsp3) is 0.649. The number of epoxide rings is 1. The van der Waals surface area contributed by atoms with E-state index in [4.69, 9.17) is 25.8 Å². The summed E-state index contributed by atoms with van der Waals surface area (Å²) in [6, 6.07) is 3.94. The molecule has 0 radical (unpaired) electrons. The first kappa shape index (κ1) is 38.1. The van der Waals surface area contributed by atoms with E-state index >= 15 is 0 Å². The number of nitrogens with one attached hydrogen (secondary N) is 1. The van der Waals surface area contributed by atoms with Crippen LogP contribution >= 0.6 is 33.2 Å². The van der Waals surface area contributed by atoms with E-state index in [0.717, 1.165) is 48.1 Å². The van der Waals surface area contributed by atoms with Gasteiger partial charge in [-0.25, -0.2) is 4.79 Å². The average Bonchev–Trinajstić information content (AvgIpc) is 3.75. The minimum absolute atomic E-state index is 0.114. The molecule has 0 aromatic heterocycles. The number of hydrogen-bond donors (Lipinski definition) is 2. The molecule has 1 aromatic rings. The zero-order valence-corrected chi connectivity index (χ0v) is 32.0. The normalized spacial score (nSPS) is 37.2. The number of carbonyl (C=O) groups excluding carboxylic acids is 3. The van der Waals surface area contributed by atoms with Crippen LogP contribution in [0.1, 0.15) is 77.3 Å². The van der Waals surface area contributed by atoms with Crippen molar-refractivity contribution in [3.8, 4) is 0 Å². The number of aryl methyl sites for hydroxylation is 1. The molecule has 3 heterocycles. The van der Waals surface area contributed by atoms with Gasteiger partial charge in [-0.2, -0.15) is 0 Å². The number of carbonyl (C=O) groups is 3. The molecule has 9 nitrogen and oxygen atoms in total. The maximum absolute atomic E-state index is 14.1. The standard InChI is InChI=1S/C37H51ClN2O7S2/c1-21-9-8-10-23(3)37(44)19-29(45-35(43)39-37)24(4)33-36(5,47-33)30(46-34(42)27-13-11-25(12-14-27)20-49-48-7)18-31(41)40(6)28-17-26(15-21)16-22(2)32(28)38/h8-10,16-17,23-25,27,29-30,33,44H,11-15,18-20H2,1-7H3,(H,39,43)/b10-8+,21-9+/t23-,24-,25-,27-,29+,30+,33+,36+,37+/m1/s1. The molecule has 5 rings (SSSR count). The van der Waals surface area contributed by atoms with Gasteiger partial charge in [0.05, 0.1) is 29.2 Å². The van der Waals surface area contributed by atoms with E-state index in [0.29, 0.717) is 23.0 Å². The molecule has 4 bridgehead atoms. The van der Waals surface area contributed by atoms with Gasteiger partial charge in [0.25, 0.3) is 0 Å². The van der Waals surface area contributed by atoms with Gasteiger partial charge in [-0.3, -0.25) is 14.9 Å². The Morgan fingerprint density at radius 1 is 1.18 bits per heavy atom. The van der Waals surface area contributed by atoms with Gasteiger partial charge in [0.2, 0.25) is 5.91 Å². The monoisotopic (exact) mass is 734 g/mol. The quantitative estimate of drug-likeness (QED) is 0.181.